The fourth-order valence-corrected chi connectivity index (χ4v) is 4.33. The molecule has 142 valence electrons. The predicted octanol–water partition coefficient (Wildman–Crippen LogP) is 2.24. The molecule has 0 radical (unpaired) electrons. The van der Waals surface area contributed by atoms with Crippen LogP contribution in [0.2, 0.25) is 0 Å². The Bertz CT molecular complexity index is 659. The van der Waals surface area contributed by atoms with E-state index in [2.05, 4.69) is 11.3 Å². The molecule has 0 amide bonds. The van der Waals surface area contributed by atoms with E-state index in [0.717, 1.165) is 13.8 Å². The van der Waals surface area contributed by atoms with Crippen molar-refractivity contribution in [3.8, 4) is 0 Å². The summed E-state index contributed by atoms with van der Waals surface area (Å²) in [7, 11) is -13.7. The highest BCUT2D eigenvalue weighted by Crippen LogP contribution is 2.43. The van der Waals surface area contributed by atoms with Crippen molar-refractivity contribution in [3.63, 3.8) is 0 Å². The first kappa shape index (κ1) is 22.7. The maximum atomic E-state index is 12.5. The molecular formula is C10H11F6O6S2-. The molecule has 0 aromatic rings. The molecule has 0 fully saturated rings. The van der Waals surface area contributed by atoms with E-state index in [0.29, 0.717) is 0 Å². The van der Waals surface area contributed by atoms with Gasteiger partial charge in [-0.2, -0.15) is 26.3 Å². The van der Waals surface area contributed by atoms with Crippen LogP contribution in [-0.2, 0) is 29.2 Å². The summed E-state index contributed by atoms with van der Waals surface area (Å²) in [5.41, 5.74) is -12.9. The highest BCUT2D eigenvalue weighted by atomic mass is 32.3. The Morgan fingerprint density at radius 3 is 1.62 bits per heavy atom. The van der Waals surface area contributed by atoms with E-state index in [-0.39, 0.29) is 5.57 Å². The lowest BCUT2D eigenvalue weighted by Crippen LogP contribution is -2.41. The van der Waals surface area contributed by atoms with Gasteiger partial charge in [0, 0.05) is 5.57 Å². The summed E-state index contributed by atoms with van der Waals surface area (Å²) in [6, 6.07) is 0. The zero-order valence-electron chi connectivity index (χ0n) is 12.0. The number of rotatable bonds is 6. The summed E-state index contributed by atoms with van der Waals surface area (Å²) in [5, 5.41) is 0. The maximum absolute atomic E-state index is 12.5. The molecule has 0 aliphatic rings. The summed E-state index contributed by atoms with van der Waals surface area (Å²) in [6.45, 7) is 4.90. The van der Waals surface area contributed by atoms with Crippen molar-refractivity contribution < 1.29 is 52.7 Å². The largest absolute Gasteiger partial charge is 0.469 e. The van der Waals surface area contributed by atoms with E-state index in [4.69, 9.17) is 0 Å². The van der Waals surface area contributed by atoms with Gasteiger partial charge < -0.3 is 4.74 Å². The van der Waals surface area contributed by atoms with Gasteiger partial charge in [-0.3, -0.25) is 16.8 Å². The number of carbonyl (C=O) groups is 1. The molecule has 24 heavy (non-hydrogen) atoms. The molecule has 1 atom stereocenters. The molecule has 0 aromatic carbocycles. The quantitative estimate of drug-likeness (QED) is 0.291. The number of ether oxygens (including phenoxy) is 1. The normalized spacial score (nSPS) is 15.2. The second-order valence-corrected chi connectivity index (χ2v) is 8.65. The van der Waals surface area contributed by atoms with Gasteiger partial charge in [-0.1, -0.05) is 11.2 Å². The van der Waals surface area contributed by atoms with Gasteiger partial charge in [-0.15, -0.1) is 6.42 Å². The zero-order chi connectivity index (χ0) is 19.7. The lowest BCUT2D eigenvalue weighted by molar-refractivity contribution is -0.143. The average molecular weight is 405 g/mol. The first-order valence-corrected chi connectivity index (χ1v) is 8.67. The molecule has 0 aliphatic heterocycles. The maximum Gasteiger partial charge on any atom is 0.469 e. The number of carbonyl (C=O) groups excluding carboxylic acids is 1. The zero-order valence-corrected chi connectivity index (χ0v) is 13.7. The molecule has 6 nitrogen and oxygen atoms in total. The first-order valence-electron chi connectivity index (χ1n) is 5.70. The number of hydrogen-bond acceptors (Lipinski definition) is 6. The molecule has 14 heteroatoms. The molecule has 0 saturated carbocycles. The fraction of sp³-hybridized carbons (Fsp3) is 0.600. The number of hydrogen-bond donors (Lipinski definition) is 0. The van der Waals surface area contributed by atoms with E-state index in [1.54, 1.807) is 0 Å². The number of esters is 1. The summed E-state index contributed by atoms with van der Waals surface area (Å²) in [5.74, 6) is -1.25. The molecule has 0 saturated heterocycles. The van der Waals surface area contributed by atoms with E-state index < -0.39 is 53.8 Å². The predicted molar refractivity (Wildman–Crippen MR) is 68.2 cm³/mol. The molecule has 0 spiro atoms. The van der Waals surface area contributed by atoms with Gasteiger partial charge in [0.1, 0.15) is 19.7 Å². The van der Waals surface area contributed by atoms with Crippen LogP contribution in [0.1, 0.15) is 20.3 Å². The highest BCUT2D eigenvalue weighted by Gasteiger charge is 2.54. The number of sulfone groups is 2. The molecule has 0 bridgehead atoms. The molecule has 0 aliphatic carbocycles. The van der Waals surface area contributed by atoms with Crippen LogP contribution in [0, 0.1) is 4.58 Å². The second kappa shape index (κ2) is 6.90. The van der Waals surface area contributed by atoms with Crippen LogP contribution in [-0.4, -0.2) is 39.9 Å². The molecule has 0 N–H and O–H groups in total. The first-order chi connectivity index (χ1) is 10.4. The summed E-state index contributed by atoms with van der Waals surface area (Å²) in [4.78, 5) is 11.2. The van der Waals surface area contributed by atoms with E-state index in [9.17, 15) is 48.0 Å². The van der Waals surface area contributed by atoms with Gasteiger partial charge in [-0.05, 0) is 13.8 Å². The average Bonchev–Trinajstić information content (AvgIpc) is 2.32. The van der Waals surface area contributed by atoms with Crippen molar-refractivity contribution in [3.05, 3.63) is 16.7 Å². The van der Waals surface area contributed by atoms with Crippen LogP contribution in [0.4, 0.5) is 26.3 Å². The summed E-state index contributed by atoms with van der Waals surface area (Å²) < 4.78 is 121. The fourth-order valence-electron chi connectivity index (χ4n) is 1.18. The third kappa shape index (κ3) is 4.84. The Morgan fingerprint density at radius 1 is 1.04 bits per heavy atom. The van der Waals surface area contributed by atoms with Gasteiger partial charge in [0.15, 0.2) is 0 Å². The van der Waals surface area contributed by atoms with Gasteiger partial charge in [0.05, 0.1) is 6.10 Å². The van der Waals surface area contributed by atoms with Crippen molar-refractivity contribution in [2.75, 3.05) is 0 Å². The minimum Gasteiger partial charge on any atom is -0.462 e. The van der Waals surface area contributed by atoms with Crippen LogP contribution in [0.25, 0.3) is 0 Å². The topological polar surface area (TPSA) is 94.6 Å². The third-order valence-electron chi connectivity index (χ3n) is 2.32. The van der Waals surface area contributed by atoms with Crippen molar-refractivity contribution >= 4 is 25.6 Å². The van der Waals surface area contributed by atoms with E-state index in [1.807, 2.05) is 0 Å². The van der Waals surface area contributed by atoms with Crippen molar-refractivity contribution in [2.24, 2.45) is 0 Å². The van der Waals surface area contributed by atoms with Crippen LogP contribution in [0.3, 0.4) is 0 Å². The second-order valence-electron chi connectivity index (χ2n) is 4.47. The van der Waals surface area contributed by atoms with Gasteiger partial charge >= 0.3 is 17.0 Å². The molecule has 1 unspecified atom stereocenters. The smallest absolute Gasteiger partial charge is 0.462 e. The van der Waals surface area contributed by atoms with Crippen LogP contribution in [0.15, 0.2) is 12.2 Å². The van der Waals surface area contributed by atoms with Gasteiger partial charge in [0.2, 0.25) is 0 Å². The summed E-state index contributed by atoms with van der Waals surface area (Å²) in [6.07, 6.45) is -3.76. The highest BCUT2D eigenvalue weighted by molar-refractivity contribution is 8.13. The lowest BCUT2D eigenvalue weighted by atomic mass is 10.3. The standard InChI is InChI=1S/C10H11F6O6S2/c1-5(2)8(17)22-6(3)4-7(23(18,19)9(11,12)13)24(20,21)10(14,15)16/h6H,1,4H2,2-3H3/q-1. The Labute approximate surface area is 133 Å². The SMILES string of the molecule is C=C(C)C(=O)OC(C)C[C-](S(=O)(=O)C(F)(F)F)S(=O)(=O)C(F)(F)F. The van der Waals surface area contributed by atoms with Crippen molar-refractivity contribution in [2.45, 2.75) is 37.4 Å². The van der Waals surface area contributed by atoms with Crippen molar-refractivity contribution in [1.82, 2.24) is 0 Å². The van der Waals surface area contributed by atoms with Gasteiger partial charge in [-0.25, -0.2) is 4.79 Å². The molecular weight excluding hydrogens is 394 g/mol. The Kier molecular flexibility index (Phi) is 6.52. The molecule has 0 aromatic heterocycles. The van der Waals surface area contributed by atoms with Gasteiger partial charge in [0.25, 0.3) is 0 Å². The Balaban J connectivity index is 5.96. The Hall–Kier alpha value is -1.31. The molecule has 0 heterocycles. The summed E-state index contributed by atoms with van der Waals surface area (Å²) >= 11 is 0. The molecule has 0 rings (SSSR count). The minimum atomic E-state index is -6.84. The number of alkyl halides is 6. The lowest BCUT2D eigenvalue weighted by Gasteiger charge is -2.33. The number of halogens is 6. The third-order valence-corrected chi connectivity index (χ3v) is 6.39. The van der Waals surface area contributed by atoms with Crippen molar-refractivity contribution in [1.29, 1.82) is 0 Å². The van der Waals surface area contributed by atoms with E-state index >= 15 is 0 Å². The van der Waals surface area contributed by atoms with Crippen LogP contribution in [0.5, 0.6) is 0 Å². The minimum absolute atomic E-state index is 0.291. The monoisotopic (exact) mass is 405 g/mol. The van der Waals surface area contributed by atoms with Crippen LogP contribution < -0.4 is 0 Å². The van der Waals surface area contributed by atoms with Crippen LogP contribution >= 0.6 is 0 Å². The Morgan fingerprint density at radius 2 is 1.38 bits per heavy atom. The van der Waals surface area contributed by atoms with E-state index in [1.165, 1.54) is 0 Å².